The number of benzene rings is 2. The highest BCUT2D eigenvalue weighted by Gasteiger charge is 2.39. The number of ether oxygens (including phenoxy) is 1. The number of para-hydroxylation sites is 1. The van der Waals surface area contributed by atoms with Crippen LogP contribution >= 0.6 is 0 Å². The van der Waals surface area contributed by atoms with E-state index in [1.807, 2.05) is 36.5 Å². The first kappa shape index (κ1) is 22.8. The molecule has 0 saturated carbocycles. The summed E-state index contributed by atoms with van der Waals surface area (Å²) in [5.41, 5.74) is 4.16. The minimum Gasteiger partial charge on any atom is -0.378 e. The summed E-state index contributed by atoms with van der Waals surface area (Å²) in [4.78, 5) is 15.8. The normalized spacial score (nSPS) is 22.5. The lowest BCUT2D eigenvalue weighted by Crippen LogP contribution is -2.60. The second-order valence-electron chi connectivity index (χ2n) is 9.78. The largest absolute Gasteiger partial charge is 0.378 e. The highest BCUT2D eigenvalue weighted by Crippen LogP contribution is 2.30. The molecule has 1 N–H and O–H groups in total. The van der Waals surface area contributed by atoms with E-state index >= 15 is 0 Å². The van der Waals surface area contributed by atoms with E-state index in [9.17, 15) is 9.18 Å². The first-order valence-electron chi connectivity index (χ1n) is 12.1. The van der Waals surface area contributed by atoms with Crippen LogP contribution in [-0.2, 0) is 17.8 Å². The van der Waals surface area contributed by atoms with Crippen LogP contribution in [0, 0.1) is 5.82 Å². The van der Waals surface area contributed by atoms with E-state index in [0.29, 0.717) is 13.2 Å². The molecule has 178 valence electrons. The van der Waals surface area contributed by atoms with E-state index in [4.69, 9.17) is 4.74 Å². The lowest BCUT2D eigenvalue weighted by molar-refractivity contribution is -0.0843. The van der Waals surface area contributed by atoms with Gasteiger partial charge in [0, 0.05) is 48.3 Å². The van der Waals surface area contributed by atoms with E-state index < -0.39 is 0 Å². The van der Waals surface area contributed by atoms with Crippen molar-refractivity contribution in [3.05, 3.63) is 83.3 Å². The molecule has 1 aromatic heterocycles. The van der Waals surface area contributed by atoms with Gasteiger partial charge in [0.2, 0.25) is 0 Å². The Morgan fingerprint density at radius 1 is 1.09 bits per heavy atom. The van der Waals surface area contributed by atoms with Gasteiger partial charge in [0.25, 0.3) is 5.91 Å². The van der Waals surface area contributed by atoms with Crippen LogP contribution in [0.1, 0.15) is 42.6 Å². The number of morpholine rings is 1. The number of carbonyl (C=O) groups is 1. The molecule has 0 aliphatic carbocycles. The SMILES string of the molecule is CC(C)=CCn1cc(C(=O)NC2CC3COCC(C2)N3Cc2ccc(F)cc2)c2ccccc21. The number of fused-ring (bicyclic) bond motifs is 3. The first-order valence-corrected chi connectivity index (χ1v) is 12.1. The maximum Gasteiger partial charge on any atom is 0.253 e. The minimum atomic E-state index is -0.212. The first-order chi connectivity index (χ1) is 16.5. The number of carbonyl (C=O) groups excluding carboxylic acids is 1. The number of nitrogens with zero attached hydrogens (tertiary/aromatic N) is 2. The average molecular weight is 462 g/mol. The van der Waals surface area contributed by atoms with E-state index in [1.54, 1.807) is 0 Å². The fourth-order valence-electron chi connectivity index (χ4n) is 5.29. The Balaban J connectivity index is 1.30. The number of piperidine rings is 1. The van der Waals surface area contributed by atoms with Gasteiger partial charge in [-0.1, -0.05) is 42.0 Å². The summed E-state index contributed by atoms with van der Waals surface area (Å²) in [6, 6.07) is 15.4. The predicted octanol–water partition coefficient (Wildman–Crippen LogP) is 4.91. The van der Waals surface area contributed by atoms with Gasteiger partial charge in [-0.05, 0) is 50.5 Å². The van der Waals surface area contributed by atoms with Crippen LogP contribution in [0.3, 0.4) is 0 Å². The van der Waals surface area contributed by atoms with Crippen molar-refractivity contribution in [1.82, 2.24) is 14.8 Å². The van der Waals surface area contributed by atoms with Crippen LogP contribution in [0.2, 0.25) is 0 Å². The number of amides is 1. The molecule has 2 saturated heterocycles. The molecule has 3 heterocycles. The van der Waals surface area contributed by atoms with Crippen LogP contribution in [0.5, 0.6) is 0 Å². The van der Waals surface area contributed by atoms with Gasteiger partial charge in [-0.15, -0.1) is 0 Å². The highest BCUT2D eigenvalue weighted by atomic mass is 19.1. The third-order valence-electron chi connectivity index (χ3n) is 7.01. The second-order valence-corrected chi connectivity index (χ2v) is 9.78. The summed E-state index contributed by atoms with van der Waals surface area (Å²) >= 11 is 0. The maximum atomic E-state index is 13.4. The smallest absolute Gasteiger partial charge is 0.253 e. The number of rotatable bonds is 6. The fraction of sp³-hybridized carbons (Fsp3) is 0.393. The topological polar surface area (TPSA) is 46.5 Å². The summed E-state index contributed by atoms with van der Waals surface area (Å²) in [5, 5.41) is 4.31. The molecule has 2 atom stereocenters. The molecule has 0 radical (unpaired) electrons. The number of allylic oxidation sites excluding steroid dienone is 2. The van der Waals surface area contributed by atoms with E-state index in [1.165, 1.54) is 17.7 Å². The van der Waals surface area contributed by atoms with Crippen molar-refractivity contribution in [3.63, 3.8) is 0 Å². The Labute approximate surface area is 200 Å². The Kier molecular flexibility index (Phi) is 6.53. The zero-order valence-electron chi connectivity index (χ0n) is 19.8. The third kappa shape index (κ3) is 4.79. The van der Waals surface area contributed by atoms with Crippen molar-refractivity contribution in [2.75, 3.05) is 13.2 Å². The van der Waals surface area contributed by atoms with Crippen molar-refractivity contribution in [2.24, 2.45) is 0 Å². The van der Waals surface area contributed by atoms with Gasteiger partial charge in [0.15, 0.2) is 0 Å². The molecule has 5 rings (SSSR count). The Bertz CT molecular complexity index is 1180. The molecule has 2 fully saturated rings. The summed E-state index contributed by atoms with van der Waals surface area (Å²) in [5.74, 6) is -0.223. The van der Waals surface area contributed by atoms with E-state index in [-0.39, 0.29) is 29.8 Å². The maximum absolute atomic E-state index is 13.4. The van der Waals surface area contributed by atoms with Gasteiger partial charge in [0.1, 0.15) is 5.82 Å². The molecule has 2 aliphatic rings. The zero-order chi connectivity index (χ0) is 23.7. The summed E-state index contributed by atoms with van der Waals surface area (Å²) in [7, 11) is 0. The molecular weight excluding hydrogens is 429 g/mol. The monoisotopic (exact) mass is 461 g/mol. The Hall–Kier alpha value is -2.96. The van der Waals surface area contributed by atoms with Gasteiger partial charge in [-0.3, -0.25) is 9.69 Å². The average Bonchev–Trinajstić information content (AvgIpc) is 3.18. The summed E-state index contributed by atoms with van der Waals surface area (Å²) < 4.78 is 21.3. The summed E-state index contributed by atoms with van der Waals surface area (Å²) in [6.45, 7) is 7.01. The van der Waals surface area contributed by atoms with Crippen LogP contribution in [0.15, 0.2) is 66.4 Å². The summed E-state index contributed by atoms with van der Waals surface area (Å²) in [6.07, 6.45) is 5.85. The van der Waals surface area contributed by atoms with Gasteiger partial charge >= 0.3 is 0 Å². The molecule has 6 heteroatoms. The fourth-order valence-corrected chi connectivity index (χ4v) is 5.29. The molecule has 2 bridgehead atoms. The number of hydrogen-bond donors (Lipinski definition) is 1. The molecule has 0 spiro atoms. The minimum absolute atomic E-state index is 0.0110. The van der Waals surface area contributed by atoms with Gasteiger partial charge in [0.05, 0.1) is 18.8 Å². The Morgan fingerprint density at radius 3 is 2.50 bits per heavy atom. The molecule has 5 nitrogen and oxygen atoms in total. The third-order valence-corrected chi connectivity index (χ3v) is 7.01. The molecular formula is C28H32FN3O2. The predicted molar refractivity (Wildman–Crippen MR) is 132 cm³/mol. The van der Waals surface area contributed by atoms with E-state index in [2.05, 4.69) is 40.8 Å². The highest BCUT2D eigenvalue weighted by molar-refractivity contribution is 6.07. The molecule has 1 amide bonds. The zero-order valence-corrected chi connectivity index (χ0v) is 19.8. The second kappa shape index (κ2) is 9.72. The van der Waals surface area contributed by atoms with Crippen molar-refractivity contribution >= 4 is 16.8 Å². The van der Waals surface area contributed by atoms with Crippen LogP contribution in [0.4, 0.5) is 4.39 Å². The number of aromatic nitrogens is 1. The van der Waals surface area contributed by atoms with Crippen LogP contribution < -0.4 is 5.32 Å². The quantitative estimate of drug-likeness (QED) is 0.531. The number of nitrogens with one attached hydrogen (secondary N) is 1. The van der Waals surface area contributed by atoms with Crippen LogP contribution in [-0.4, -0.2) is 46.7 Å². The molecule has 2 unspecified atom stereocenters. The molecule has 34 heavy (non-hydrogen) atoms. The van der Waals surface area contributed by atoms with Crippen molar-refractivity contribution < 1.29 is 13.9 Å². The lowest BCUT2D eigenvalue weighted by Gasteiger charge is -2.48. The molecule has 2 aromatic carbocycles. The molecule has 2 aliphatic heterocycles. The number of halogens is 1. The Morgan fingerprint density at radius 2 is 1.79 bits per heavy atom. The lowest BCUT2D eigenvalue weighted by atomic mass is 9.89. The van der Waals surface area contributed by atoms with Gasteiger partial charge in [-0.2, -0.15) is 0 Å². The molecule has 3 aromatic rings. The van der Waals surface area contributed by atoms with Gasteiger partial charge < -0.3 is 14.6 Å². The van der Waals surface area contributed by atoms with E-state index in [0.717, 1.165) is 48.0 Å². The standard InChI is InChI=1S/C28H32FN3O2/c1-19(2)11-12-31-16-26(25-5-3-4-6-27(25)31)28(33)30-22-13-23-17-34-18-24(14-22)32(23)15-20-7-9-21(29)10-8-20/h3-11,16,22-24H,12-15,17-18H2,1-2H3,(H,30,33). The van der Waals surface area contributed by atoms with Crippen LogP contribution in [0.25, 0.3) is 10.9 Å². The van der Waals surface area contributed by atoms with Gasteiger partial charge in [-0.25, -0.2) is 4.39 Å². The van der Waals surface area contributed by atoms with Crippen molar-refractivity contribution in [3.8, 4) is 0 Å². The van der Waals surface area contributed by atoms with Crippen molar-refractivity contribution in [1.29, 1.82) is 0 Å². The number of hydrogen-bond acceptors (Lipinski definition) is 3. The van der Waals surface area contributed by atoms with Crippen molar-refractivity contribution in [2.45, 2.75) is 57.9 Å².